The molecular weight excluding hydrogens is 130 g/mol. The van der Waals surface area contributed by atoms with Gasteiger partial charge in [-0.2, -0.15) is 0 Å². The van der Waals surface area contributed by atoms with Gasteiger partial charge in [0.05, 0.1) is 6.61 Å². The summed E-state index contributed by atoms with van der Waals surface area (Å²) >= 11 is 0. The van der Waals surface area contributed by atoms with E-state index in [-0.39, 0.29) is 18.6 Å². The molecule has 0 atom stereocenters. The Kier molecular flexibility index (Phi) is 2.65. The smallest absolute Gasteiger partial charge is 0.0555 e. The molecule has 1 rings (SSSR count). The van der Waals surface area contributed by atoms with E-state index in [1.165, 1.54) is 0 Å². The van der Waals surface area contributed by atoms with Gasteiger partial charge in [0.25, 0.3) is 0 Å². The minimum Gasteiger partial charge on any atom is -0.396 e. The maximum Gasteiger partial charge on any atom is 0.0555 e. The van der Waals surface area contributed by atoms with Gasteiger partial charge in [-0.25, -0.2) is 0 Å². The van der Waals surface area contributed by atoms with Gasteiger partial charge in [0.15, 0.2) is 0 Å². The molecule has 60 valence electrons. The third-order valence-electron chi connectivity index (χ3n) is 2.08. The second-order valence-electron chi connectivity index (χ2n) is 3.06. The maximum absolute atomic E-state index is 8.85. The summed E-state index contributed by atoms with van der Waals surface area (Å²) in [6, 6.07) is 0. The average molecular weight is 145 g/mol. The number of hydrogen-bond donors (Lipinski definition) is 3. The van der Waals surface area contributed by atoms with Crippen molar-refractivity contribution in [2.75, 3.05) is 26.3 Å². The molecule has 0 aromatic rings. The fraction of sp³-hybridized carbons (Fsp3) is 1.00. The van der Waals surface area contributed by atoms with Crippen molar-refractivity contribution in [3.05, 3.63) is 0 Å². The lowest BCUT2D eigenvalue weighted by Crippen LogP contribution is -2.28. The molecule has 0 aromatic carbocycles. The Morgan fingerprint density at radius 1 is 1.30 bits per heavy atom. The van der Waals surface area contributed by atoms with Crippen molar-refractivity contribution < 1.29 is 10.2 Å². The molecule has 3 nitrogen and oxygen atoms in total. The fourth-order valence-electron chi connectivity index (χ4n) is 1.00. The van der Waals surface area contributed by atoms with Crippen molar-refractivity contribution in [3.63, 3.8) is 0 Å². The molecule has 0 heterocycles. The monoisotopic (exact) mass is 145 g/mol. The van der Waals surface area contributed by atoms with Crippen molar-refractivity contribution in [2.24, 2.45) is 5.41 Å². The first-order valence-corrected chi connectivity index (χ1v) is 3.75. The van der Waals surface area contributed by atoms with E-state index in [4.69, 9.17) is 10.2 Å². The maximum atomic E-state index is 8.85. The average Bonchev–Trinajstić information content (AvgIpc) is 2.70. The number of aliphatic hydroxyl groups excluding tert-OH is 2. The summed E-state index contributed by atoms with van der Waals surface area (Å²) in [5.74, 6) is 0. The molecule has 0 radical (unpaired) electrons. The quantitative estimate of drug-likeness (QED) is 0.450. The molecule has 3 N–H and O–H groups in total. The molecule has 1 aliphatic rings. The van der Waals surface area contributed by atoms with Gasteiger partial charge < -0.3 is 15.5 Å². The van der Waals surface area contributed by atoms with Gasteiger partial charge in [-0.15, -0.1) is 0 Å². The Morgan fingerprint density at radius 3 is 2.40 bits per heavy atom. The molecule has 10 heavy (non-hydrogen) atoms. The van der Waals surface area contributed by atoms with Crippen molar-refractivity contribution >= 4 is 0 Å². The molecule has 0 amide bonds. The summed E-state index contributed by atoms with van der Waals surface area (Å²) in [6.45, 7) is 1.96. The van der Waals surface area contributed by atoms with Gasteiger partial charge in [0.2, 0.25) is 0 Å². The number of nitrogens with one attached hydrogen (secondary N) is 1. The van der Waals surface area contributed by atoms with Crippen LogP contribution in [0.15, 0.2) is 0 Å². The highest BCUT2D eigenvalue weighted by Crippen LogP contribution is 2.44. The first kappa shape index (κ1) is 7.98. The van der Waals surface area contributed by atoms with Crippen LogP contribution in [0.2, 0.25) is 0 Å². The van der Waals surface area contributed by atoms with Gasteiger partial charge in [0.1, 0.15) is 0 Å². The van der Waals surface area contributed by atoms with E-state index in [0.717, 1.165) is 19.4 Å². The zero-order chi connectivity index (χ0) is 7.45. The van der Waals surface area contributed by atoms with Crippen molar-refractivity contribution in [2.45, 2.75) is 12.8 Å². The van der Waals surface area contributed by atoms with Crippen LogP contribution in [0.5, 0.6) is 0 Å². The van der Waals surface area contributed by atoms with Crippen molar-refractivity contribution in [1.82, 2.24) is 5.32 Å². The highest BCUT2D eigenvalue weighted by atomic mass is 16.3. The molecule has 0 saturated heterocycles. The summed E-state index contributed by atoms with van der Waals surface area (Å²) in [4.78, 5) is 0. The first-order valence-electron chi connectivity index (χ1n) is 3.75. The van der Waals surface area contributed by atoms with Crippen molar-refractivity contribution in [1.29, 1.82) is 0 Å². The Hall–Kier alpha value is -0.120. The molecule has 0 aliphatic heterocycles. The minimum atomic E-state index is 0.176. The summed E-state index contributed by atoms with van der Waals surface area (Å²) in [5.41, 5.74) is 0.176. The Morgan fingerprint density at radius 2 is 2.00 bits per heavy atom. The Balaban J connectivity index is 2.01. The van der Waals surface area contributed by atoms with Crippen molar-refractivity contribution in [3.8, 4) is 0 Å². The topological polar surface area (TPSA) is 52.5 Å². The van der Waals surface area contributed by atoms with Gasteiger partial charge in [-0.05, 0) is 12.8 Å². The molecular formula is C7H15NO2. The van der Waals surface area contributed by atoms with E-state index < -0.39 is 0 Å². The number of hydrogen-bond acceptors (Lipinski definition) is 3. The van der Waals surface area contributed by atoms with E-state index in [2.05, 4.69) is 5.32 Å². The second kappa shape index (κ2) is 3.32. The number of aliphatic hydroxyl groups is 2. The minimum absolute atomic E-state index is 0.176. The zero-order valence-corrected chi connectivity index (χ0v) is 6.14. The Bertz CT molecular complexity index is 102. The lowest BCUT2D eigenvalue weighted by Gasteiger charge is -2.10. The summed E-state index contributed by atoms with van der Waals surface area (Å²) in [7, 11) is 0. The van der Waals surface area contributed by atoms with Crippen LogP contribution in [-0.2, 0) is 0 Å². The first-order chi connectivity index (χ1) is 4.83. The fourth-order valence-corrected chi connectivity index (χ4v) is 1.00. The molecule has 3 heteroatoms. The normalized spacial score (nSPS) is 21.0. The largest absolute Gasteiger partial charge is 0.396 e. The van der Waals surface area contributed by atoms with Gasteiger partial charge in [-0.3, -0.25) is 0 Å². The van der Waals surface area contributed by atoms with Crippen LogP contribution < -0.4 is 5.32 Å². The number of rotatable bonds is 5. The highest BCUT2D eigenvalue weighted by Gasteiger charge is 2.41. The SMILES string of the molecule is OCCNCC1(CO)CC1. The van der Waals surface area contributed by atoms with Crippen LogP contribution in [0.3, 0.4) is 0 Å². The van der Waals surface area contributed by atoms with Crippen LogP contribution in [-0.4, -0.2) is 36.5 Å². The molecule has 0 spiro atoms. The zero-order valence-electron chi connectivity index (χ0n) is 6.14. The van der Waals surface area contributed by atoms with Crippen LogP contribution in [0.1, 0.15) is 12.8 Å². The predicted octanol–water partition coefficient (Wildman–Crippen LogP) is -0.659. The van der Waals surface area contributed by atoms with Crippen LogP contribution in [0.4, 0.5) is 0 Å². The van der Waals surface area contributed by atoms with Gasteiger partial charge in [-0.1, -0.05) is 0 Å². The molecule has 1 fully saturated rings. The highest BCUT2D eigenvalue weighted by molar-refractivity contribution is 4.94. The third-order valence-corrected chi connectivity index (χ3v) is 2.08. The summed E-state index contributed by atoms with van der Waals surface area (Å²) in [5, 5.41) is 20.4. The molecule has 0 bridgehead atoms. The van der Waals surface area contributed by atoms with Crippen LogP contribution in [0, 0.1) is 5.41 Å². The molecule has 0 unspecified atom stereocenters. The van der Waals surface area contributed by atoms with Gasteiger partial charge in [0, 0.05) is 25.1 Å². The lowest BCUT2D eigenvalue weighted by atomic mass is 10.1. The molecule has 1 aliphatic carbocycles. The van der Waals surface area contributed by atoms with E-state index >= 15 is 0 Å². The predicted molar refractivity (Wildman–Crippen MR) is 38.7 cm³/mol. The van der Waals surface area contributed by atoms with E-state index in [1.807, 2.05) is 0 Å². The molecule has 1 saturated carbocycles. The Labute approximate surface area is 61.1 Å². The van der Waals surface area contributed by atoms with E-state index in [1.54, 1.807) is 0 Å². The second-order valence-corrected chi connectivity index (χ2v) is 3.06. The van der Waals surface area contributed by atoms with Crippen LogP contribution >= 0.6 is 0 Å². The van der Waals surface area contributed by atoms with Crippen LogP contribution in [0.25, 0.3) is 0 Å². The van der Waals surface area contributed by atoms with E-state index in [9.17, 15) is 0 Å². The standard InChI is InChI=1S/C7H15NO2/c9-4-3-8-5-7(6-10)1-2-7/h8-10H,1-6H2. The molecule has 0 aromatic heterocycles. The van der Waals surface area contributed by atoms with E-state index in [0.29, 0.717) is 6.54 Å². The lowest BCUT2D eigenvalue weighted by molar-refractivity contribution is 0.203. The summed E-state index contributed by atoms with van der Waals surface area (Å²) < 4.78 is 0. The summed E-state index contributed by atoms with van der Waals surface area (Å²) in [6.07, 6.45) is 2.25. The third kappa shape index (κ3) is 1.94. The van der Waals surface area contributed by atoms with Gasteiger partial charge >= 0.3 is 0 Å².